The molecule has 0 aromatic heterocycles. The number of rotatable bonds is 10. The Bertz CT molecular complexity index is 1700. The average molecular weight is 564 g/mol. The van der Waals surface area contributed by atoms with Crippen LogP contribution in [0.3, 0.4) is 0 Å². The Labute approximate surface area is 255 Å². The smallest absolute Gasteiger partial charge is 0.333 e. The second-order valence-corrected chi connectivity index (χ2v) is 10.9. The molecule has 0 bridgehead atoms. The van der Waals surface area contributed by atoms with E-state index in [1.807, 2.05) is 0 Å². The maximum absolute atomic E-state index is 11.7. The summed E-state index contributed by atoms with van der Waals surface area (Å²) in [6, 6.07) is 45.0. The molecule has 0 fully saturated rings. The summed E-state index contributed by atoms with van der Waals surface area (Å²) in [6.07, 6.45) is 2.91. The van der Waals surface area contributed by atoms with Crippen LogP contribution >= 0.6 is 0 Å². The summed E-state index contributed by atoms with van der Waals surface area (Å²) < 4.78 is 5.28. The van der Waals surface area contributed by atoms with Crippen LogP contribution in [-0.4, -0.2) is 12.6 Å². The molecule has 0 unspecified atom stereocenters. The Hall–Kier alpha value is -5.15. The molecule has 0 N–H and O–H groups in total. The summed E-state index contributed by atoms with van der Waals surface area (Å²) in [5, 5.41) is 0. The number of nitrogens with zero attached hydrogens (tertiary/aromatic N) is 1. The highest BCUT2D eigenvalue weighted by atomic mass is 16.5. The van der Waals surface area contributed by atoms with E-state index in [2.05, 4.69) is 159 Å². The summed E-state index contributed by atoms with van der Waals surface area (Å²) in [6.45, 7) is 9.84. The molecule has 0 saturated heterocycles. The first-order valence-electron chi connectivity index (χ1n) is 14.6. The number of hydrogen-bond acceptors (Lipinski definition) is 3. The van der Waals surface area contributed by atoms with Crippen LogP contribution in [0.5, 0.6) is 0 Å². The molecule has 5 rings (SSSR count). The molecule has 3 nitrogen and oxygen atoms in total. The van der Waals surface area contributed by atoms with Crippen molar-refractivity contribution < 1.29 is 9.53 Å². The van der Waals surface area contributed by atoms with Crippen LogP contribution in [0.15, 0.2) is 140 Å². The number of aryl methyl sites for hydroxylation is 2. The van der Waals surface area contributed by atoms with Gasteiger partial charge < -0.3 is 9.64 Å². The van der Waals surface area contributed by atoms with Gasteiger partial charge in [0.1, 0.15) is 0 Å². The summed E-state index contributed by atoms with van der Waals surface area (Å²) >= 11 is 0. The maximum Gasteiger partial charge on any atom is 0.333 e. The van der Waals surface area contributed by atoms with Crippen molar-refractivity contribution in [3.8, 4) is 0 Å². The lowest BCUT2D eigenvalue weighted by Crippen LogP contribution is -2.10. The summed E-state index contributed by atoms with van der Waals surface area (Å²) in [7, 11) is 0. The first-order chi connectivity index (χ1) is 20.9. The molecule has 0 saturated carbocycles. The normalized spacial score (nSPS) is 11.2. The van der Waals surface area contributed by atoms with Crippen LogP contribution in [0, 0.1) is 13.8 Å². The standard InChI is InChI=1S/C40H37NO2/c1-29(2)40(42)43-27-26-32-14-22-37(23-15-32)41(36-20-12-31(4)13-21-36)38-24-16-33(17-25-38)28-39(34-8-6-5-7-9-34)35-18-10-30(3)11-19-35/h5-25,28H,1,26-27H2,2-4H3/b39-28+. The lowest BCUT2D eigenvalue weighted by Gasteiger charge is -2.26. The number of carbonyl (C=O) groups is 1. The fourth-order valence-electron chi connectivity index (χ4n) is 4.91. The summed E-state index contributed by atoms with van der Waals surface area (Å²) in [5.74, 6) is -0.352. The van der Waals surface area contributed by atoms with Crippen LogP contribution in [-0.2, 0) is 16.0 Å². The Morgan fingerprint density at radius 3 is 1.72 bits per heavy atom. The van der Waals surface area contributed by atoms with Gasteiger partial charge in [0.15, 0.2) is 0 Å². The maximum atomic E-state index is 11.7. The van der Waals surface area contributed by atoms with E-state index in [-0.39, 0.29) is 5.97 Å². The third kappa shape index (κ3) is 7.58. The molecule has 0 aliphatic rings. The van der Waals surface area contributed by atoms with Crippen molar-refractivity contribution in [1.29, 1.82) is 0 Å². The third-order valence-electron chi connectivity index (χ3n) is 7.37. The van der Waals surface area contributed by atoms with Gasteiger partial charge in [0.05, 0.1) is 6.61 Å². The van der Waals surface area contributed by atoms with E-state index in [0.717, 1.165) is 28.2 Å². The SMILES string of the molecule is C=C(C)C(=O)OCCc1ccc(N(c2ccc(C)cc2)c2ccc(/C=C(\c3ccccc3)c3ccc(C)cc3)cc2)cc1. The molecule has 5 aromatic carbocycles. The molecule has 3 heteroatoms. The second-order valence-electron chi connectivity index (χ2n) is 10.9. The van der Waals surface area contributed by atoms with Crippen LogP contribution in [0.4, 0.5) is 17.1 Å². The van der Waals surface area contributed by atoms with Crippen molar-refractivity contribution in [3.05, 3.63) is 173 Å². The molecule has 214 valence electrons. The van der Waals surface area contributed by atoms with Gasteiger partial charge >= 0.3 is 5.97 Å². The Morgan fingerprint density at radius 1 is 0.674 bits per heavy atom. The van der Waals surface area contributed by atoms with Gasteiger partial charge in [0, 0.05) is 29.1 Å². The van der Waals surface area contributed by atoms with Crippen molar-refractivity contribution in [1.82, 2.24) is 0 Å². The van der Waals surface area contributed by atoms with Gasteiger partial charge in [-0.3, -0.25) is 0 Å². The van der Waals surface area contributed by atoms with E-state index < -0.39 is 0 Å². The molecular weight excluding hydrogens is 526 g/mol. The van der Waals surface area contributed by atoms with Gasteiger partial charge in [-0.25, -0.2) is 4.79 Å². The van der Waals surface area contributed by atoms with Crippen molar-refractivity contribution >= 4 is 34.7 Å². The quantitative estimate of drug-likeness (QED) is 0.0962. The minimum absolute atomic E-state index is 0.329. The average Bonchev–Trinajstić information content (AvgIpc) is 3.03. The lowest BCUT2D eigenvalue weighted by molar-refractivity contribution is -0.138. The molecule has 0 aliphatic carbocycles. The zero-order valence-corrected chi connectivity index (χ0v) is 25.1. The third-order valence-corrected chi connectivity index (χ3v) is 7.37. The monoisotopic (exact) mass is 563 g/mol. The Balaban J connectivity index is 1.44. The zero-order valence-electron chi connectivity index (χ0n) is 25.1. The predicted molar refractivity (Wildman–Crippen MR) is 180 cm³/mol. The number of esters is 1. The van der Waals surface area contributed by atoms with E-state index in [9.17, 15) is 4.79 Å². The number of carbonyl (C=O) groups excluding carboxylic acids is 1. The van der Waals surface area contributed by atoms with Crippen LogP contribution < -0.4 is 4.90 Å². The Kier molecular flexibility index (Phi) is 9.33. The van der Waals surface area contributed by atoms with Crippen molar-refractivity contribution in [2.45, 2.75) is 27.2 Å². The van der Waals surface area contributed by atoms with E-state index in [1.165, 1.54) is 27.8 Å². The van der Waals surface area contributed by atoms with Crippen LogP contribution in [0.25, 0.3) is 11.6 Å². The fraction of sp³-hybridized carbons (Fsp3) is 0.125. The highest BCUT2D eigenvalue weighted by molar-refractivity contribution is 5.92. The molecule has 0 atom stereocenters. The molecule has 0 heterocycles. The van der Waals surface area contributed by atoms with Gasteiger partial charge in [-0.15, -0.1) is 0 Å². The molecule has 0 radical (unpaired) electrons. The van der Waals surface area contributed by atoms with Crippen molar-refractivity contribution in [2.24, 2.45) is 0 Å². The number of benzene rings is 5. The van der Waals surface area contributed by atoms with E-state index in [1.54, 1.807) is 6.92 Å². The predicted octanol–water partition coefficient (Wildman–Crippen LogP) is 10.0. The second kappa shape index (κ2) is 13.7. The van der Waals surface area contributed by atoms with E-state index >= 15 is 0 Å². The first-order valence-corrected chi connectivity index (χ1v) is 14.6. The summed E-state index contributed by atoms with van der Waals surface area (Å²) in [4.78, 5) is 14.0. The lowest BCUT2D eigenvalue weighted by atomic mass is 9.95. The van der Waals surface area contributed by atoms with Crippen LogP contribution in [0.1, 0.15) is 40.3 Å². The zero-order chi connectivity index (χ0) is 30.2. The minimum Gasteiger partial charge on any atom is -0.462 e. The molecule has 0 spiro atoms. The molecular formula is C40H37NO2. The molecule has 43 heavy (non-hydrogen) atoms. The highest BCUT2D eigenvalue weighted by Crippen LogP contribution is 2.35. The van der Waals surface area contributed by atoms with E-state index in [4.69, 9.17) is 4.74 Å². The first kappa shape index (κ1) is 29.3. The molecule has 0 aliphatic heterocycles. The Morgan fingerprint density at radius 2 is 1.16 bits per heavy atom. The van der Waals surface area contributed by atoms with E-state index in [0.29, 0.717) is 18.6 Å². The fourth-order valence-corrected chi connectivity index (χ4v) is 4.91. The van der Waals surface area contributed by atoms with Gasteiger partial charge in [-0.05, 0) is 91.1 Å². The van der Waals surface area contributed by atoms with Crippen LogP contribution in [0.2, 0.25) is 0 Å². The summed E-state index contributed by atoms with van der Waals surface area (Å²) in [5.41, 5.74) is 11.9. The van der Waals surface area contributed by atoms with Gasteiger partial charge in [0.2, 0.25) is 0 Å². The van der Waals surface area contributed by atoms with Gasteiger partial charge in [-0.2, -0.15) is 0 Å². The number of anilines is 3. The topological polar surface area (TPSA) is 29.5 Å². The number of ether oxygens (including phenoxy) is 1. The van der Waals surface area contributed by atoms with Gasteiger partial charge in [-0.1, -0.05) is 109 Å². The van der Waals surface area contributed by atoms with Crippen molar-refractivity contribution in [3.63, 3.8) is 0 Å². The molecule has 0 amide bonds. The highest BCUT2D eigenvalue weighted by Gasteiger charge is 2.13. The largest absolute Gasteiger partial charge is 0.462 e. The molecule has 5 aromatic rings. The van der Waals surface area contributed by atoms with Gasteiger partial charge in [0.25, 0.3) is 0 Å². The number of hydrogen-bond donors (Lipinski definition) is 0. The van der Waals surface area contributed by atoms with Crippen molar-refractivity contribution in [2.75, 3.05) is 11.5 Å². The minimum atomic E-state index is -0.352.